The summed E-state index contributed by atoms with van der Waals surface area (Å²) >= 11 is 0. The van der Waals surface area contributed by atoms with E-state index >= 15 is 0 Å². The largest absolute Gasteiger partial charge is 0.373 e. The molecule has 0 radical (unpaired) electrons. The average Bonchev–Trinajstić information content (AvgIpc) is 2.82. The van der Waals surface area contributed by atoms with Crippen LogP contribution in [0.15, 0.2) is 18.2 Å². The van der Waals surface area contributed by atoms with Crippen LogP contribution in [0.25, 0.3) is 0 Å². The molecule has 0 aliphatic heterocycles. The highest BCUT2D eigenvalue weighted by molar-refractivity contribution is 5.54. The van der Waals surface area contributed by atoms with Crippen LogP contribution in [0.4, 0.5) is 5.69 Å². The van der Waals surface area contributed by atoms with Crippen LogP contribution >= 0.6 is 0 Å². The van der Waals surface area contributed by atoms with Gasteiger partial charge in [-0.3, -0.25) is 0 Å². The first-order chi connectivity index (χ1) is 7.00. The number of anilines is 1. The molecule has 2 nitrogen and oxygen atoms in total. The highest BCUT2D eigenvalue weighted by Crippen LogP contribution is 2.34. The second kappa shape index (κ2) is 3.53. The lowest BCUT2D eigenvalue weighted by atomic mass is 10.1. The van der Waals surface area contributed by atoms with Gasteiger partial charge in [-0.1, -0.05) is 17.7 Å². The van der Waals surface area contributed by atoms with Gasteiger partial charge in [0.2, 0.25) is 0 Å². The fraction of sp³-hybridized carbons (Fsp3) is 0.538. The fourth-order valence-electron chi connectivity index (χ4n) is 2.11. The zero-order valence-corrected chi connectivity index (χ0v) is 9.88. The van der Waals surface area contributed by atoms with E-state index in [9.17, 15) is 0 Å². The van der Waals surface area contributed by atoms with Crippen molar-refractivity contribution in [2.75, 3.05) is 18.5 Å². The van der Waals surface area contributed by atoms with Gasteiger partial charge < -0.3 is 10.6 Å². The van der Waals surface area contributed by atoms with E-state index in [1.807, 2.05) is 0 Å². The predicted octanol–water partition coefficient (Wildman–Crippen LogP) is 2.23. The number of benzene rings is 1. The Morgan fingerprint density at radius 2 is 2.00 bits per heavy atom. The van der Waals surface area contributed by atoms with Gasteiger partial charge in [-0.2, -0.15) is 0 Å². The highest BCUT2D eigenvalue weighted by atomic mass is 15.1. The summed E-state index contributed by atoms with van der Waals surface area (Å²) in [5.41, 5.74) is 10.2. The van der Waals surface area contributed by atoms with Gasteiger partial charge in [-0.15, -0.1) is 0 Å². The molecule has 0 heterocycles. The second-order valence-electron chi connectivity index (χ2n) is 5.01. The van der Waals surface area contributed by atoms with Gasteiger partial charge in [0.05, 0.1) is 0 Å². The molecule has 1 fully saturated rings. The van der Waals surface area contributed by atoms with Crippen LogP contribution in [0, 0.1) is 13.8 Å². The molecule has 0 aromatic heterocycles. The van der Waals surface area contributed by atoms with E-state index in [1.54, 1.807) is 0 Å². The molecule has 1 aromatic rings. The van der Waals surface area contributed by atoms with E-state index in [4.69, 9.17) is 5.73 Å². The lowest BCUT2D eigenvalue weighted by molar-refractivity contribution is 0.660. The summed E-state index contributed by atoms with van der Waals surface area (Å²) in [4.78, 5) is 2.28. The zero-order valence-electron chi connectivity index (χ0n) is 9.88. The number of nitrogens with zero attached hydrogens (tertiary/aromatic N) is 1. The summed E-state index contributed by atoms with van der Waals surface area (Å²) in [6, 6.07) is 6.58. The van der Waals surface area contributed by atoms with Crippen molar-refractivity contribution in [1.82, 2.24) is 0 Å². The van der Waals surface area contributed by atoms with E-state index in [0.29, 0.717) is 0 Å². The SMILES string of the molecule is Cc1ccc(N(C)CC2(N)CC2)c(C)c1. The zero-order chi connectivity index (χ0) is 11.1. The lowest BCUT2D eigenvalue weighted by Gasteiger charge is -2.25. The summed E-state index contributed by atoms with van der Waals surface area (Å²) in [7, 11) is 2.13. The van der Waals surface area contributed by atoms with Crippen molar-refractivity contribution in [3.05, 3.63) is 29.3 Å². The van der Waals surface area contributed by atoms with Crippen molar-refractivity contribution < 1.29 is 0 Å². The Morgan fingerprint density at radius 3 is 2.53 bits per heavy atom. The van der Waals surface area contributed by atoms with E-state index in [1.165, 1.54) is 29.7 Å². The molecule has 1 aliphatic carbocycles. The first kappa shape index (κ1) is 10.5. The van der Waals surface area contributed by atoms with E-state index < -0.39 is 0 Å². The van der Waals surface area contributed by atoms with E-state index in [2.05, 4.69) is 44.0 Å². The molecule has 0 unspecified atom stereocenters. The van der Waals surface area contributed by atoms with Gasteiger partial charge >= 0.3 is 0 Å². The molecule has 0 amide bonds. The molecule has 15 heavy (non-hydrogen) atoms. The molecule has 1 aromatic carbocycles. The third-order valence-electron chi connectivity index (χ3n) is 3.21. The molecule has 0 saturated heterocycles. The van der Waals surface area contributed by atoms with Gasteiger partial charge in [0.15, 0.2) is 0 Å². The van der Waals surface area contributed by atoms with Gasteiger partial charge in [-0.05, 0) is 38.3 Å². The van der Waals surface area contributed by atoms with Crippen molar-refractivity contribution >= 4 is 5.69 Å². The van der Waals surface area contributed by atoms with Crippen molar-refractivity contribution in [3.8, 4) is 0 Å². The van der Waals surface area contributed by atoms with Crippen LogP contribution in [0.2, 0.25) is 0 Å². The second-order valence-corrected chi connectivity index (χ2v) is 5.01. The minimum atomic E-state index is 0.0894. The Kier molecular flexibility index (Phi) is 2.47. The van der Waals surface area contributed by atoms with E-state index in [0.717, 1.165) is 6.54 Å². The number of aryl methyl sites for hydroxylation is 2. The highest BCUT2D eigenvalue weighted by Gasteiger charge is 2.39. The first-order valence-corrected chi connectivity index (χ1v) is 5.57. The Bertz CT molecular complexity index is 367. The number of nitrogens with two attached hydrogens (primary N) is 1. The predicted molar refractivity (Wildman–Crippen MR) is 65.3 cm³/mol. The number of rotatable bonds is 3. The first-order valence-electron chi connectivity index (χ1n) is 5.57. The maximum absolute atomic E-state index is 6.12. The molecular formula is C13H20N2. The fourth-order valence-corrected chi connectivity index (χ4v) is 2.11. The molecule has 82 valence electrons. The van der Waals surface area contributed by atoms with Crippen molar-refractivity contribution in [2.24, 2.45) is 5.73 Å². The summed E-state index contributed by atoms with van der Waals surface area (Å²) < 4.78 is 0. The van der Waals surface area contributed by atoms with E-state index in [-0.39, 0.29) is 5.54 Å². The quantitative estimate of drug-likeness (QED) is 0.818. The van der Waals surface area contributed by atoms with Gasteiger partial charge in [-0.25, -0.2) is 0 Å². The van der Waals surface area contributed by atoms with Crippen LogP contribution in [0.5, 0.6) is 0 Å². The summed E-state index contributed by atoms with van der Waals surface area (Å²) in [5, 5.41) is 0. The van der Waals surface area contributed by atoms with Crippen LogP contribution in [0.3, 0.4) is 0 Å². The number of hydrogen-bond acceptors (Lipinski definition) is 2. The third-order valence-corrected chi connectivity index (χ3v) is 3.21. The molecule has 1 saturated carbocycles. The molecule has 2 N–H and O–H groups in total. The molecule has 2 heteroatoms. The topological polar surface area (TPSA) is 29.3 Å². The number of hydrogen-bond donors (Lipinski definition) is 1. The molecule has 0 bridgehead atoms. The molecule has 1 aliphatic rings. The molecule has 2 rings (SSSR count). The minimum absolute atomic E-state index is 0.0894. The maximum Gasteiger partial charge on any atom is 0.0394 e. The van der Waals surface area contributed by atoms with Crippen LogP contribution in [-0.2, 0) is 0 Å². The van der Waals surface area contributed by atoms with Gasteiger partial charge in [0, 0.05) is 24.8 Å². The number of likely N-dealkylation sites (N-methyl/N-ethyl adjacent to an activating group) is 1. The smallest absolute Gasteiger partial charge is 0.0394 e. The summed E-state index contributed by atoms with van der Waals surface area (Å²) in [5.74, 6) is 0. The van der Waals surface area contributed by atoms with Crippen LogP contribution < -0.4 is 10.6 Å². The summed E-state index contributed by atoms with van der Waals surface area (Å²) in [6.45, 7) is 5.26. The Morgan fingerprint density at radius 1 is 1.33 bits per heavy atom. The van der Waals surface area contributed by atoms with Crippen molar-refractivity contribution in [3.63, 3.8) is 0 Å². The maximum atomic E-state index is 6.12. The normalized spacial score (nSPS) is 17.6. The Balaban J connectivity index is 2.14. The third kappa shape index (κ3) is 2.32. The Hall–Kier alpha value is -1.02. The average molecular weight is 204 g/mol. The molecular weight excluding hydrogens is 184 g/mol. The standard InChI is InChI=1S/C13H20N2/c1-10-4-5-12(11(2)8-10)15(3)9-13(14)6-7-13/h4-5,8H,6-7,9,14H2,1-3H3. The van der Waals surface area contributed by atoms with Gasteiger partial charge in [0.1, 0.15) is 0 Å². The Labute approximate surface area is 92.1 Å². The molecule has 0 spiro atoms. The van der Waals surface area contributed by atoms with Crippen LogP contribution in [0.1, 0.15) is 24.0 Å². The van der Waals surface area contributed by atoms with Crippen molar-refractivity contribution in [2.45, 2.75) is 32.2 Å². The van der Waals surface area contributed by atoms with Crippen LogP contribution in [-0.4, -0.2) is 19.1 Å². The summed E-state index contributed by atoms with van der Waals surface area (Å²) in [6.07, 6.45) is 2.34. The minimum Gasteiger partial charge on any atom is -0.373 e. The van der Waals surface area contributed by atoms with Gasteiger partial charge in [0.25, 0.3) is 0 Å². The lowest BCUT2D eigenvalue weighted by Crippen LogP contribution is -2.37. The molecule has 0 atom stereocenters. The van der Waals surface area contributed by atoms with Crippen molar-refractivity contribution in [1.29, 1.82) is 0 Å². The monoisotopic (exact) mass is 204 g/mol.